The van der Waals surface area contributed by atoms with Gasteiger partial charge in [0.2, 0.25) is 0 Å². The Morgan fingerprint density at radius 3 is 2.29 bits per heavy atom. The molecule has 1 aromatic carbocycles. The van der Waals surface area contributed by atoms with Crippen LogP contribution in [-0.2, 0) is 0 Å². The van der Waals surface area contributed by atoms with Gasteiger partial charge in [-0.1, -0.05) is 26.0 Å². The normalized spacial score (nSPS) is 14.4. The van der Waals surface area contributed by atoms with Crippen molar-refractivity contribution in [2.24, 2.45) is 0 Å². The summed E-state index contributed by atoms with van der Waals surface area (Å²) in [5.74, 6) is 0.964. The molecule has 0 aromatic heterocycles. The Morgan fingerprint density at radius 1 is 1.12 bits per heavy atom. The lowest BCUT2D eigenvalue weighted by Gasteiger charge is -2.16. The molecule has 1 N–H and O–H groups in total. The number of nitrogens with one attached hydrogen (secondary N) is 1. The Labute approximate surface area is 105 Å². The summed E-state index contributed by atoms with van der Waals surface area (Å²) in [6.07, 6.45) is 2.49. The predicted octanol–water partition coefficient (Wildman–Crippen LogP) is 3.92. The first-order valence-electron chi connectivity index (χ1n) is 6.67. The standard InChI is InChI=1S/C15H25NO/c1-5-11-16-13(4)14-7-9-15(10-8-14)17-12(3)6-2/h7-10,12-13,16H,5-6,11H2,1-4H3/t12-,13+/m1/s1. The smallest absolute Gasteiger partial charge is 0.119 e. The monoisotopic (exact) mass is 235 g/mol. The third kappa shape index (κ3) is 4.78. The molecule has 1 rings (SSSR count). The lowest BCUT2D eigenvalue weighted by atomic mass is 10.1. The van der Waals surface area contributed by atoms with Crippen LogP contribution in [0.25, 0.3) is 0 Å². The number of rotatable bonds is 7. The molecule has 0 spiro atoms. The predicted molar refractivity (Wildman–Crippen MR) is 73.5 cm³/mol. The van der Waals surface area contributed by atoms with Gasteiger partial charge in [-0.05, 0) is 50.9 Å². The molecule has 2 nitrogen and oxygen atoms in total. The van der Waals surface area contributed by atoms with Gasteiger partial charge in [-0.2, -0.15) is 0 Å². The molecule has 2 heteroatoms. The molecule has 0 fully saturated rings. The zero-order chi connectivity index (χ0) is 12.7. The van der Waals surface area contributed by atoms with Crippen molar-refractivity contribution >= 4 is 0 Å². The Morgan fingerprint density at radius 2 is 1.76 bits per heavy atom. The van der Waals surface area contributed by atoms with Crippen LogP contribution >= 0.6 is 0 Å². The molecule has 2 atom stereocenters. The van der Waals surface area contributed by atoms with Gasteiger partial charge in [0.05, 0.1) is 6.10 Å². The average Bonchev–Trinajstić information content (AvgIpc) is 2.36. The third-order valence-electron chi connectivity index (χ3n) is 2.99. The van der Waals surface area contributed by atoms with Crippen LogP contribution in [0.5, 0.6) is 5.75 Å². The fourth-order valence-electron chi connectivity index (χ4n) is 1.63. The molecule has 0 saturated carbocycles. The van der Waals surface area contributed by atoms with Crippen LogP contribution in [0.1, 0.15) is 52.1 Å². The first-order chi connectivity index (χ1) is 8.17. The second-order valence-electron chi connectivity index (χ2n) is 4.58. The minimum Gasteiger partial charge on any atom is -0.491 e. The van der Waals surface area contributed by atoms with Crippen LogP contribution in [0.2, 0.25) is 0 Å². The van der Waals surface area contributed by atoms with E-state index in [0.29, 0.717) is 6.04 Å². The minimum absolute atomic E-state index is 0.288. The van der Waals surface area contributed by atoms with Crippen LogP contribution in [-0.4, -0.2) is 12.6 Å². The maximum atomic E-state index is 5.76. The van der Waals surface area contributed by atoms with Gasteiger partial charge in [0, 0.05) is 6.04 Å². The van der Waals surface area contributed by atoms with Crippen LogP contribution in [0.15, 0.2) is 24.3 Å². The lowest BCUT2D eigenvalue weighted by Crippen LogP contribution is -2.19. The highest BCUT2D eigenvalue weighted by Gasteiger charge is 2.05. The highest BCUT2D eigenvalue weighted by atomic mass is 16.5. The van der Waals surface area contributed by atoms with Gasteiger partial charge in [-0.15, -0.1) is 0 Å². The van der Waals surface area contributed by atoms with E-state index < -0.39 is 0 Å². The molecule has 17 heavy (non-hydrogen) atoms. The van der Waals surface area contributed by atoms with Crippen LogP contribution < -0.4 is 10.1 Å². The van der Waals surface area contributed by atoms with Gasteiger partial charge < -0.3 is 10.1 Å². The summed E-state index contributed by atoms with van der Waals surface area (Å²) in [7, 11) is 0. The second kappa shape index (κ2) is 7.33. The van der Waals surface area contributed by atoms with Gasteiger partial charge in [0.1, 0.15) is 5.75 Å². The summed E-state index contributed by atoms with van der Waals surface area (Å²) in [6.45, 7) is 9.67. The number of hydrogen-bond donors (Lipinski definition) is 1. The van der Waals surface area contributed by atoms with Crippen molar-refractivity contribution in [1.82, 2.24) is 5.32 Å². The van der Waals surface area contributed by atoms with Crippen molar-refractivity contribution in [1.29, 1.82) is 0 Å². The molecule has 0 unspecified atom stereocenters. The van der Waals surface area contributed by atoms with E-state index in [1.165, 1.54) is 12.0 Å². The summed E-state index contributed by atoms with van der Waals surface area (Å²) >= 11 is 0. The number of ether oxygens (including phenoxy) is 1. The molecule has 0 amide bonds. The van der Waals surface area contributed by atoms with E-state index in [1.807, 2.05) is 0 Å². The zero-order valence-electron chi connectivity index (χ0n) is 11.5. The molecular formula is C15H25NO. The Kier molecular flexibility index (Phi) is 6.06. The van der Waals surface area contributed by atoms with Crippen molar-refractivity contribution in [3.8, 4) is 5.75 Å². The summed E-state index contributed by atoms with van der Waals surface area (Å²) < 4.78 is 5.76. The second-order valence-corrected chi connectivity index (χ2v) is 4.58. The first-order valence-corrected chi connectivity index (χ1v) is 6.67. The maximum absolute atomic E-state index is 5.76. The highest BCUT2D eigenvalue weighted by molar-refractivity contribution is 5.29. The van der Waals surface area contributed by atoms with E-state index in [0.717, 1.165) is 18.7 Å². The molecule has 0 aliphatic heterocycles. The van der Waals surface area contributed by atoms with Gasteiger partial charge in [0.15, 0.2) is 0 Å². The molecule has 0 radical (unpaired) electrons. The fourth-order valence-corrected chi connectivity index (χ4v) is 1.63. The Bertz CT molecular complexity index is 307. The molecule has 96 valence electrons. The maximum Gasteiger partial charge on any atom is 0.119 e. The van der Waals surface area contributed by atoms with E-state index in [1.54, 1.807) is 0 Å². The third-order valence-corrected chi connectivity index (χ3v) is 2.99. The van der Waals surface area contributed by atoms with Crippen molar-refractivity contribution in [3.05, 3.63) is 29.8 Å². The van der Waals surface area contributed by atoms with Crippen molar-refractivity contribution < 1.29 is 4.74 Å². The summed E-state index contributed by atoms with van der Waals surface area (Å²) in [6, 6.07) is 8.82. The largest absolute Gasteiger partial charge is 0.491 e. The SMILES string of the molecule is CCCN[C@@H](C)c1ccc(O[C@H](C)CC)cc1. The number of hydrogen-bond acceptors (Lipinski definition) is 2. The van der Waals surface area contributed by atoms with E-state index >= 15 is 0 Å². The number of benzene rings is 1. The van der Waals surface area contributed by atoms with Crippen LogP contribution in [0, 0.1) is 0 Å². The van der Waals surface area contributed by atoms with Crippen molar-refractivity contribution in [3.63, 3.8) is 0 Å². The van der Waals surface area contributed by atoms with Crippen molar-refractivity contribution in [2.45, 2.75) is 52.7 Å². The molecular weight excluding hydrogens is 210 g/mol. The molecule has 0 heterocycles. The fraction of sp³-hybridized carbons (Fsp3) is 0.600. The van der Waals surface area contributed by atoms with Crippen LogP contribution in [0.3, 0.4) is 0 Å². The molecule has 0 bridgehead atoms. The molecule has 0 saturated heterocycles. The minimum atomic E-state index is 0.288. The van der Waals surface area contributed by atoms with Crippen molar-refractivity contribution in [2.75, 3.05) is 6.54 Å². The average molecular weight is 235 g/mol. The van der Waals surface area contributed by atoms with Gasteiger partial charge >= 0.3 is 0 Å². The molecule has 1 aromatic rings. The van der Waals surface area contributed by atoms with E-state index in [-0.39, 0.29) is 6.10 Å². The molecule has 0 aliphatic rings. The highest BCUT2D eigenvalue weighted by Crippen LogP contribution is 2.18. The summed E-state index contributed by atoms with van der Waals surface area (Å²) in [4.78, 5) is 0. The summed E-state index contributed by atoms with van der Waals surface area (Å²) in [5, 5.41) is 3.48. The van der Waals surface area contributed by atoms with Gasteiger partial charge in [-0.3, -0.25) is 0 Å². The van der Waals surface area contributed by atoms with E-state index in [2.05, 4.69) is 57.3 Å². The van der Waals surface area contributed by atoms with E-state index in [9.17, 15) is 0 Å². The quantitative estimate of drug-likeness (QED) is 0.773. The summed E-state index contributed by atoms with van der Waals surface area (Å²) in [5.41, 5.74) is 1.31. The van der Waals surface area contributed by atoms with Gasteiger partial charge in [0.25, 0.3) is 0 Å². The van der Waals surface area contributed by atoms with Crippen LogP contribution in [0.4, 0.5) is 0 Å². The zero-order valence-corrected chi connectivity index (χ0v) is 11.5. The topological polar surface area (TPSA) is 21.3 Å². The van der Waals surface area contributed by atoms with Gasteiger partial charge in [-0.25, -0.2) is 0 Å². The Hall–Kier alpha value is -1.02. The Balaban J connectivity index is 2.54. The first kappa shape index (κ1) is 14.0. The van der Waals surface area contributed by atoms with E-state index in [4.69, 9.17) is 4.74 Å². The lowest BCUT2D eigenvalue weighted by molar-refractivity contribution is 0.217. The molecule has 0 aliphatic carbocycles.